The van der Waals surface area contributed by atoms with E-state index in [2.05, 4.69) is 19.4 Å². The van der Waals surface area contributed by atoms with E-state index in [1.165, 1.54) is 0 Å². The highest BCUT2D eigenvalue weighted by Crippen LogP contribution is 2.06. The third-order valence-electron chi connectivity index (χ3n) is 3.97. The Morgan fingerprint density at radius 2 is 1.73 bits per heavy atom. The van der Waals surface area contributed by atoms with Crippen molar-refractivity contribution in [3.63, 3.8) is 0 Å². The number of nitrogens with one attached hydrogen (secondary N) is 1. The Kier molecular flexibility index (Phi) is 9.87. The van der Waals surface area contributed by atoms with Crippen LogP contribution in [0.5, 0.6) is 0 Å². The quantitative estimate of drug-likeness (QED) is 0.322. The first-order chi connectivity index (χ1) is 10.1. The molecule has 0 saturated heterocycles. The summed E-state index contributed by atoms with van der Waals surface area (Å²) in [5.74, 6) is 0.0468. The summed E-state index contributed by atoms with van der Waals surface area (Å²) >= 11 is 0. The van der Waals surface area contributed by atoms with Gasteiger partial charge < -0.3 is 9.80 Å². The van der Waals surface area contributed by atoms with Crippen molar-refractivity contribution in [1.29, 1.82) is 0 Å². The van der Waals surface area contributed by atoms with Crippen molar-refractivity contribution in [3.05, 3.63) is 0 Å². The van der Waals surface area contributed by atoms with Gasteiger partial charge >= 0.3 is 0 Å². The molecule has 0 aromatic rings. The van der Waals surface area contributed by atoms with Gasteiger partial charge in [0.05, 0.1) is 32.9 Å². The molecule has 1 atom stereocenters. The maximum absolute atomic E-state index is 11.6. The molecule has 1 unspecified atom stereocenters. The van der Waals surface area contributed by atoms with Crippen LogP contribution in [0, 0.1) is 5.92 Å². The Bertz CT molecular complexity index is 421. The SMILES string of the molecule is CCC(C)C(=O)NCCC[N+](C)(C)CCCCCS(=O)(=O)O. The van der Waals surface area contributed by atoms with Crippen LogP contribution < -0.4 is 5.32 Å². The topological polar surface area (TPSA) is 83.5 Å². The number of hydrogen-bond donors (Lipinski definition) is 2. The van der Waals surface area contributed by atoms with Gasteiger partial charge in [0.15, 0.2) is 0 Å². The van der Waals surface area contributed by atoms with E-state index in [-0.39, 0.29) is 17.6 Å². The summed E-state index contributed by atoms with van der Waals surface area (Å²) in [6, 6.07) is 0. The summed E-state index contributed by atoms with van der Waals surface area (Å²) in [7, 11) is 0.456. The molecule has 0 aliphatic carbocycles. The predicted molar refractivity (Wildman–Crippen MR) is 89.2 cm³/mol. The van der Waals surface area contributed by atoms with Crippen LogP contribution in [0.2, 0.25) is 0 Å². The van der Waals surface area contributed by atoms with Gasteiger partial charge in [-0.15, -0.1) is 0 Å². The van der Waals surface area contributed by atoms with Gasteiger partial charge in [-0.1, -0.05) is 13.8 Å². The summed E-state index contributed by atoms with van der Waals surface area (Å²) < 4.78 is 30.7. The van der Waals surface area contributed by atoms with E-state index < -0.39 is 10.1 Å². The lowest BCUT2D eigenvalue weighted by Crippen LogP contribution is -2.42. The van der Waals surface area contributed by atoms with E-state index in [1.807, 2.05) is 13.8 Å². The van der Waals surface area contributed by atoms with E-state index >= 15 is 0 Å². The second-order valence-corrected chi connectivity index (χ2v) is 8.26. The van der Waals surface area contributed by atoms with E-state index in [0.717, 1.165) is 43.3 Å². The highest BCUT2D eigenvalue weighted by atomic mass is 32.2. The Hall–Kier alpha value is -0.660. The van der Waals surface area contributed by atoms with Crippen LogP contribution in [0.25, 0.3) is 0 Å². The van der Waals surface area contributed by atoms with Gasteiger partial charge in [-0.05, 0) is 25.7 Å². The lowest BCUT2D eigenvalue weighted by atomic mass is 10.1. The van der Waals surface area contributed by atoms with Crippen LogP contribution >= 0.6 is 0 Å². The zero-order valence-corrected chi connectivity index (χ0v) is 15.3. The monoisotopic (exact) mass is 337 g/mol. The minimum Gasteiger partial charge on any atom is -0.356 e. The molecule has 132 valence electrons. The first-order valence-electron chi connectivity index (χ1n) is 8.12. The van der Waals surface area contributed by atoms with Crippen LogP contribution in [0.4, 0.5) is 0 Å². The summed E-state index contributed by atoms with van der Waals surface area (Å²) in [5, 5.41) is 2.96. The third-order valence-corrected chi connectivity index (χ3v) is 4.77. The molecule has 0 spiro atoms. The van der Waals surface area contributed by atoms with Crippen LogP contribution in [0.1, 0.15) is 46.0 Å². The molecule has 0 aliphatic rings. The lowest BCUT2D eigenvalue weighted by molar-refractivity contribution is -0.890. The molecule has 0 rings (SSSR count). The molecular formula is C15H33N2O4S+. The maximum Gasteiger partial charge on any atom is 0.264 e. The van der Waals surface area contributed by atoms with Gasteiger partial charge in [0.2, 0.25) is 5.91 Å². The molecule has 6 nitrogen and oxygen atoms in total. The van der Waals surface area contributed by atoms with Gasteiger partial charge in [-0.3, -0.25) is 9.35 Å². The molecule has 7 heteroatoms. The van der Waals surface area contributed by atoms with Crippen LogP contribution in [0.15, 0.2) is 0 Å². The van der Waals surface area contributed by atoms with Gasteiger partial charge in [0.1, 0.15) is 0 Å². The smallest absolute Gasteiger partial charge is 0.264 e. The number of hydrogen-bond acceptors (Lipinski definition) is 3. The molecule has 0 heterocycles. The molecule has 0 fully saturated rings. The molecule has 0 radical (unpaired) electrons. The predicted octanol–water partition coefficient (Wildman–Crippen LogP) is 1.67. The van der Waals surface area contributed by atoms with Crippen molar-refractivity contribution < 1.29 is 22.2 Å². The van der Waals surface area contributed by atoms with Gasteiger partial charge in [0, 0.05) is 18.9 Å². The minimum absolute atomic E-state index is 0.0744. The third kappa shape index (κ3) is 11.9. The second kappa shape index (κ2) is 10.2. The summed E-state index contributed by atoms with van der Waals surface area (Å²) in [6.07, 6.45) is 4.02. The molecule has 0 aromatic heterocycles. The Labute approximate surface area is 135 Å². The molecule has 0 aliphatic heterocycles. The van der Waals surface area contributed by atoms with Gasteiger partial charge in [-0.25, -0.2) is 0 Å². The molecule has 1 amide bonds. The number of rotatable bonds is 12. The van der Waals surface area contributed by atoms with Gasteiger partial charge in [0.25, 0.3) is 10.1 Å². The van der Waals surface area contributed by atoms with Crippen molar-refractivity contribution in [2.45, 2.75) is 46.0 Å². The van der Waals surface area contributed by atoms with E-state index in [1.54, 1.807) is 0 Å². The molecular weight excluding hydrogens is 304 g/mol. The Morgan fingerprint density at radius 3 is 2.27 bits per heavy atom. The fraction of sp³-hybridized carbons (Fsp3) is 0.933. The van der Waals surface area contributed by atoms with Crippen LogP contribution in [-0.4, -0.2) is 62.8 Å². The van der Waals surface area contributed by atoms with Gasteiger partial charge in [-0.2, -0.15) is 8.42 Å². The zero-order chi connectivity index (χ0) is 17.2. The largest absolute Gasteiger partial charge is 0.356 e. The van der Waals surface area contributed by atoms with E-state index in [4.69, 9.17) is 4.55 Å². The normalized spacial score (nSPS) is 13.9. The maximum atomic E-state index is 11.6. The molecule has 22 heavy (non-hydrogen) atoms. The first-order valence-corrected chi connectivity index (χ1v) is 9.73. The Morgan fingerprint density at radius 1 is 1.14 bits per heavy atom. The fourth-order valence-electron chi connectivity index (χ4n) is 2.19. The second-order valence-electron chi connectivity index (χ2n) is 6.68. The average molecular weight is 338 g/mol. The fourth-order valence-corrected chi connectivity index (χ4v) is 2.76. The van der Waals surface area contributed by atoms with Crippen molar-refractivity contribution in [1.82, 2.24) is 5.32 Å². The number of unbranched alkanes of at least 4 members (excludes halogenated alkanes) is 2. The molecule has 0 saturated carbocycles. The van der Waals surface area contributed by atoms with Crippen molar-refractivity contribution in [2.24, 2.45) is 5.92 Å². The number of carbonyl (C=O) groups is 1. The number of quaternary nitrogens is 1. The summed E-state index contributed by atoms with van der Waals surface area (Å²) in [6.45, 7) is 6.58. The number of carbonyl (C=O) groups excluding carboxylic acids is 1. The highest BCUT2D eigenvalue weighted by molar-refractivity contribution is 7.85. The van der Waals surface area contributed by atoms with Crippen LogP contribution in [0.3, 0.4) is 0 Å². The van der Waals surface area contributed by atoms with Crippen molar-refractivity contribution in [2.75, 3.05) is 39.5 Å². The molecule has 0 aromatic carbocycles. The first kappa shape index (κ1) is 21.3. The summed E-state index contributed by atoms with van der Waals surface area (Å²) in [4.78, 5) is 11.6. The number of nitrogens with zero attached hydrogens (tertiary/aromatic N) is 1. The van der Waals surface area contributed by atoms with Crippen molar-refractivity contribution >= 4 is 16.0 Å². The number of amides is 1. The lowest BCUT2D eigenvalue weighted by Gasteiger charge is -2.30. The minimum atomic E-state index is -3.82. The average Bonchev–Trinajstić information content (AvgIpc) is 2.40. The standard InChI is InChI=1S/C15H32N2O4S/c1-5-14(2)15(18)16-10-9-12-17(3,4)11-7-6-8-13-22(19,20)21/h14H,5-13H2,1-4H3,(H-,16,18,19,20,21)/p+1. The molecule has 2 N–H and O–H groups in total. The van der Waals surface area contributed by atoms with E-state index in [9.17, 15) is 13.2 Å². The summed E-state index contributed by atoms with van der Waals surface area (Å²) in [5.41, 5.74) is 0. The zero-order valence-electron chi connectivity index (χ0n) is 14.5. The highest BCUT2D eigenvalue weighted by Gasteiger charge is 2.15. The van der Waals surface area contributed by atoms with E-state index in [0.29, 0.717) is 13.0 Å². The van der Waals surface area contributed by atoms with Crippen LogP contribution in [-0.2, 0) is 14.9 Å². The Balaban J connectivity index is 3.75. The van der Waals surface area contributed by atoms with Crippen molar-refractivity contribution in [3.8, 4) is 0 Å². The molecule has 0 bridgehead atoms.